The molecule has 0 aliphatic rings. The Morgan fingerprint density at radius 3 is 2.15 bits per heavy atom. The third-order valence-corrected chi connectivity index (χ3v) is 4.66. The van der Waals surface area contributed by atoms with Gasteiger partial charge < -0.3 is 15.5 Å². The van der Waals surface area contributed by atoms with Crippen molar-refractivity contribution >= 4 is 23.1 Å². The van der Waals surface area contributed by atoms with E-state index in [1.165, 1.54) is 12.1 Å². The second-order valence-electron chi connectivity index (χ2n) is 6.93. The molecule has 5 nitrogen and oxygen atoms in total. The number of pyridine rings is 1. The number of hydrogen-bond acceptors (Lipinski definition) is 5. The summed E-state index contributed by atoms with van der Waals surface area (Å²) in [7, 11) is 1.80. The number of aliphatic hydroxyl groups is 2. The average molecular weight is 483 g/mol. The number of aromatic nitrogens is 1. The van der Waals surface area contributed by atoms with Gasteiger partial charge in [0.25, 0.3) is 0 Å². The molecule has 2 aromatic carbocycles. The highest BCUT2D eigenvalue weighted by molar-refractivity contribution is 6.31. The van der Waals surface area contributed by atoms with Crippen LogP contribution in [0.2, 0.25) is 5.02 Å². The number of rotatable bonds is 3. The fourth-order valence-electron chi connectivity index (χ4n) is 2.75. The molecule has 1 heterocycles. The van der Waals surface area contributed by atoms with Crippen molar-refractivity contribution in [2.24, 2.45) is 0 Å². The van der Waals surface area contributed by atoms with Gasteiger partial charge in [-0.2, -0.15) is 13.2 Å². The second-order valence-corrected chi connectivity index (χ2v) is 7.33. The van der Waals surface area contributed by atoms with Crippen LogP contribution in [-0.2, 0) is 6.18 Å². The molecule has 0 bridgehead atoms. The van der Waals surface area contributed by atoms with Crippen LogP contribution in [0.15, 0.2) is 54.7 Å². The fraction of sp³-hybridized carbons (Fsp3) is 0.250. The Hall–Kier alpha value is -2.94. The lowest BCUT2D eigenvalue weighted by atomic mass is 10.0. The normalized spacial score (nSPS) is 10.4. The van der Waals surface area contributed by atoms with Crippen molar-refractivity contribution in [2.45, 2.75) is 26.9 Å². The molecule has 0 saturated carbocycles. The van der Waals surface area contributed by atoms with E-state index >= 15 is 0 Å². The van der Waals surface area contributed by atoms with Gasteiger partial charge >= 0.3 is 6.18 Å². The van der Waals surface area contributed by atoms with Crippen LogP contribution in [0.5, 0.6) is 0 Å². The van der Waals surface area contributed by atoms with Crippen molar-refractivity contribution in [3.05, 3.63) is 93.3 Å². The third kappa shape index (κ3) is 8.49. The molecule has 3 rings (SSSR count). The number of aliphatic hydroxyl groups excluding tert-OH is 1. The van der Waals surface area contributed by atoms with Gasteiger partial charge in [-0.3, -0.25) is 9.78 Å². The highest BCUT2D eigenvalue weighted by Gasteiger charge is 2.32. The van der Waals surface area contributed by atoms with Gasteiger partial charge in [-0.1, -0.05) is 47.5 Å². The van der Waals surface area contributed by atoms with Gasteiger partial charge in [0.05, 0.1) is 16.3 Å². The van der Waals surface area contributed by atoms with E-state index in [9.17, 15) is 18.0 Å². The van der Waals surface area contributed by atoms with E-state index in [0.29, 0.717) is 16.8 Å². The minimum absolute atomic E-state index is 0.0440. The van der Waals surface area contributed by atoms with Gasteiger partial charge in [0.2, 0.25) is 5.78 Å². The van der Waals surface area contributed by atoms with E-state index in [1.54, 1.807) is 20.2 Å². The maximum Gasteiger partial charge on any atom is 0.417 e. The molecular formula is C24H26ClF3N2O3. The number of hydrogen-bond donors (Lipinski definition) is 3. The zero-order chi connectivity index (χ0) is 25.2. The summed E-state index contributed by atoms with van der Waals surface area (Å²) >= 11 is 5.36. The summed E-state index contributed by atoms with van der Waals surface area (Å²) in [6, 6.07) is 13.3. The number of benzene rings is 2. The Morgan fingerprint density at radius 2 is 1.64 bits per heavy atom. The molecule has 1 aromatic heterocycles. The molecule has 0 fully saturated rings. The number of alkyl halides is 3. The monoisotopic (exact) mass is 482 g/mol. The van der Waals surface area contributed by atoms with Crippen molar-refractivity contribution in [2.75, 3.05) is 19.2 Å². The van der Waals surface area contributed by atoms with Crippen molar-refractivity contribution in [1.29, 1.82) is 0 Å². The lowest BCUT2D eigenvalue weighted by Gasteiger charge is -2.09. The van der Waals surface area contributed by atoms with E-state index < -0.39 is 18.5 Å². The van der Waals surface area contributed by atoms with E-state index in [2.05, 4.69) is 10.3 Å². The quantitative estimate of drug-likeness (QED) is 0.336. The van der Waals surface area contributed by atoms with Gasteiger partial charge in [-0.25, -0.2) is 0 Å². The van der Waals surface area contributed by atoms with E-state index in [4.69, 9.17) is 21.8 Å². The number of carbonyl (C=O) groups is 1. The SMILES string of the molecule is CNc1cc(C)cnc1C(=O)c1ccccc1C.Cc1ccc(Cl)c(C(F)(F)F)c1.OCO. The molecule has 0 saturated heterocycles. The van der Waals surface area contributed by atoms with Gasteiger partial charge in [0.15, 0.2) is 0 Å². The first-order valence-electron chi connectivity index (χ1n) is 9.76. The summed E-state index contributed by atoms with van der Waals surface area (Å²) in [6.45, 7) is 4.72. The smallest absolute Gasteiger partial charge is 0.386 e. The number of aryl methyl sites for hydroxylation is 3. The number of halogens is 4. The Kier molecular flexibility index (Phi) is 11.0. The van der Waals surface area contributed by atoms with Gasteiger partial charge in [0.1, 0.15) is 12.5 Å². The number of carbonyl (C=O) groups excluding carboxylic acids is 1. The molecule has 0 aliphatic heterocycles. The Labute approximate surface area is 195 Å². The second kappa shape index (κ2) is 12.9. The molecule has 0 atom stereocenters. The predicted octanol–water partition coefficient (Wildman–Crippen LogP) is 5.57. The van der Waals surface area contributed by atoms with Crippen LogP contribution in [0, 0.1) is 20.8 Å². The molecule has 178 valence electrons. The van der Waals surface area contributed by atoms with Crippen molar-refractivity contribution < 1.29 is 28.2 Å². The molecule has 0 radical (unpaired) electrons. The fourth-order valence-corrected chi connectivity index (χ4v) is 2.98. The molecule has 33 heavy (non-hydrogen) atoms. The molecule has 0 spiro atoms. The molecule has 0 amide bonds. The summed E-state index contributed by atoms with van der Waals surface area (Å²) in [4.78, 5) is 16.7. The Morgan fingerprint density at radius 1 is 1.03 bits per heavy atom. The highest BCUT2D eigenvalue weighted by Crippen LogP contribution is 2.34. The van der Waals surface area contributed by atoms with Crippen molar-refractivity contribution in [1.82, 2.24) is 4.98 Å². The average Bonchev–Trinajstić information content (AvgIpc) is 2.75. The van der Waals surface area contributed by atoms with Gasteiger partial charge in [-0.15, -0.1) is 0 Å². The van der Waals surface area contributed by atoms with Crippen molar-refractivity contribution in [3.63, 3.8) is 0 Å². The summed E-state index contributed by atoms with van der Waals surface area (Å²) in [6.07, 6.45) is -2.64. The standard InChI is InChI=1S/C15H16N2O.C8H6ClF3.CH4O2/c1-10-8-13(16-3)14(17-9-10)15(18)12-7-5-4-6-11(12)2;1-5-2-3-7(9)6(4-5)8(10,11)12;2-1-3/h4-9,16H,1-3H3;2-4H,1H3;2-3H,1H2. The first kappa shape index (κ1) is 28.1. The molecule has 0 unspecified atom stereocenters. The number of nitrogens with zero attached hydrogens (tertiary/aromatic N) is 1. The summed E-state index contributed by atoms with van der Waals surface area (Å²) in [5, 5.41) is 17.0. The lowest BCUT2D eigenvalue weighted by Crippen LogP contribution is -2.09. The van der Waals surface area contributed by atoms with E-state index in [0.717, 1.165) is 22.9 Å². The van der Waals surface area contributed by atoms with Crippen LogP contribution in [0.1, 0.15) is 38.3 Å². The molecule has 3 aromatic rings. The lowest BCUT2D eigenvalue weighted by molar-refractivity contribution is -0.137. The third-order valence-electron chi connectivity index (χ3n) is 4.33. The van der Waals surface area contributed by atoms with E-state index in [-0.39, 0.29) is 10.8 Å². The Bertz CT molecular complexity index is 1070. The van der Waals surface area contributed by atoms with Crippen LogP contribution in [-0.4, -0.2) is 34.8 Å². The Balaban J connectivity index is 0.000000314. The zero-order valence-electron chi connectivity index (χ0n) is 18.7. The molecular weight excluding hydrogens is 457 g/mol. The molecule has 0 aliphatic carbocycles. The number of nitrogens with one attached hydrogen (secondary N) is 1. The van der Waals surface area contributed by atoms with Crippen molar-refractivity contribution in [3.8, 4) is 0 Å². The summed E-state index contributed by atoms with van der Waals surface area (Å²) in [5.74, 6) is -0.0440. The maximum absolute atomic E-state index is 12.5. The summed E-state index contributed by atoms with van der Waals surface area (Å²) in [5.41, 5.74) is 3.70. The van der Waals surface area contributed by atoms with Gasteiger partial charge in [-0.05, 0) is 50.1 Å². The number of ketones is 1. The van der Waals surface area contributed by atoms with Crippen LogP contribution < -0.4 is 5.32 Å². The largest absolute Gasteiger partial charge is 0.417 e. The van der Waals surface area contributed by atoms with Crippen LogP contribution >= 0.6 is 11.6 Å². The minimum atomic E-state index is -4.36. The molecule has 9 heteroatoms. The van der Waals surface area contributed by atoms with Gasteiger partial charge in [0, 0.05) is 18.8 Å². The topological polar surface area (TPSA) is 82.5 Å². The minimum Gasteiger partial charge on any atom is -0.386 e. The number of anilines is 1. The predicted molar refractivity (Wildman–Crippen MR) is 124 cm³/mol. The first-order chi connectivity index (χ1) is 15.5. The zero-order valence-corrected chi connectivity index (χ0v) is 19.4. The summed E-state index contributed by atoms with van der Waals surface area (Å²) < 4.78 is 36.4. The first-order valence-corrected chi connectivity index (χ1v) is 10.1. The van der Waals surface area contributed by atoms with E-state index in [1.807, 2.05) is 44.2 Å². The van der Waals surface area contributed by atoms with Crippen LogP contribution in [0.4, 0.5) is 18.9 Å². The highest BCUT2D eigenvalue weighted by atomic mass is 35.5. The molecule has 3 N–H and O–H groups in total. The van der Waals surface area contributed by atoms with Crippen LogP contribution in [0.3, 0.4) is 0 Å². The van der Waals surface area contributed by atoms with Crippen LogP contribution in [0.25, 0.3) is 0 Å². The maximum atomic E-state index is 12.5.